The number of carbonyl (C=O) groups is 2. The molecule has 0 aromatic heterocycles. The summed E-state index contributed by atoms with van der Waals surface area (Å²) in [7, 11) is -3.97. The maximum absolute atomic E-state index is 13.4. The first-order valence-electron chi connectivity index (χ1n) is 9.13. The van der Waals surface area contributed by atoms with Gasteiger partial charge < -0.3 is 14.8 Å². The van der Waals surface area contributed by atoms with E-state index in [4.69, 9.17) is 16.3 Å². The Kier molecular flexibility index (Phi) is 6.06. The van der Waals surface area contributed by atoms with Crippen molar-refractivity contribution in [2.45, 2.75) is 48.0 Å². The topological polar surface area (TPSA) is 89.5 Å². The summed E-state index contributed by atoms with van der Waals surface area (Å²) < 4.78 is 32.9. The second-order valence-corrected chi connectivity index (χ2v) is 11.5. The van der Waals surface area contributed by atoms with Crippen LogP contribution in [0.15, 0.2) is 57.9 Å². The fourth-order valence-electron chi connectivity index (χ4n) is 3.50. The largest absolute Gasteiger partial charge is 0.444 e. The van der Waals surface area contributed by atoms with Crippen LogP contribution in [-0.4, -0.2) is 37.2 Å². The highest BCUT2D eigenvalue weighted by Crippen LogP contribution is 2.56. The number of amides is 1. The normalized spacial score (nSPS) is 23.5. The molecule has 0 aliphatic heterocycles. The number of carbonyl (C=O) groups excluding carboxylic acids is 2. The number of hydrogen-bond acceptors (Lipinski definition) is 5. The molecule has 160 valence electrons. The van der Waals surface area contributed by atoms with E-state index in [-0.39, 0.29) is 4.90 Å². The second-order valence-electron chi connectivity index (χ2n) is 8.13. The van der Waals surface area contributed by atoms with E-state index in [1.165, 1.54) is 24.3 Å². The van der Waals surface area contributed by atoms with Crippen LogP contribution in [0.4, 0.5) is 4.79 Å². The average Bonchev–Trinajstić information content (AvgIpc) is 3.30. The zero-order valence-electron chi connectivity index (χ0n) is 16.6. The Bertz CT molecular complexity index is 1060. The minimum absolute atomic E-state index is 0.0220. The van der Waals surface area contributed by atoms with Crippen molar-refractivity contribution in [3.05, 3.63) is 63.6 Å². The first-order valence-corrected chi connectivity index (χ1v) is 11.8. The second kappa shape index (κ2) is 7.98. The van der Waals surface area contributed by atoms with Gasteiger partial charge in [0.1, 0.15) is 22.7 Å². The molecule has 1 saturated carbocycles. The van der Waals surface area contributed by atoms with E-state index in [1.54, 1.807) is 45.0 Å². The summed E-state index contributed by atoms with van der Waals surface area (Å²) in [6, 6.07) is 12.7. The van der Waals surface area contributed by atoms with Gasteiger partial charge in [0.25, 0.3) is 0 Å². The lowest BCUT2D eigenvalue weighted by Crippen LogP contribution is -2.45. The molecule has 2 aromatic carbocycles. The van der Waals surface area contributed by atoms with E-state index >= 15 is 0 Å². The van der Waals surface area contributed by atoms with Gasteiger partial charge in [-0.3, -0.25) is 0 Å². The summed E-state index contributed by atoms with van der Waals surface area (Å²) >= 11 is 9.22. The molecule has 0 radical (unpaired) electrons. The quantitative estimate of drug-likeness (QED) is 0.593. The fraction of sp³-hybridized carbons (Fsp3) is 0.333. The van der Waals surface area contributed by atoms with Gasteiger partial charge in [-0.2, -0.15) is 0 Å². The van der Waals surface area contributed by atoms with Crippen LogP contribution in [0.5, 0.6) is 0 Å². The number of nitrogens with one attached hydrogen (secondary N) is 1. The number of rotatable bonds is 5. The molecule has 1 aliphatic carbocycles. The molecule has 9 heteroatoms. The molecule has 30 heavy (non-hydrogen) atoms. The number of alkyl carbamates (subject to hydrolysis) is 1. The average molecular weight is 515 g/mol. The summed E-state index contributed by atoms with van der Waals surface area (Å²) in [4.78, 5) is 24.7. The Labute approximate surface area is 189 Å². The molecule has 0 bridgehead atoms. The summed E-state index contributed by atoms with van der Waals surface area (Å²) in [6.45, 7) is 5.05. The lowest BCUT2D eigenvalue weighted by Gasteiger charge is -2.22. The summed E-state index contributed by atoms with van der Waals surface area (Å²) in [5, 5.41) is 1.74. The number of halogens is 2. The maximum Gasteiger partial charge on any atom is 0.408 e. The number of aldehydes is 1. The molecule has 3 rings (SSSR count). The van der Waals surface area contributed by atoms with Crippen molar-refractivity contribution >= 4 is 49.7 Å². The zero-order chi connectivity index (χ0) is 22.3. The molecule has 3 atom stereocenters. The highest BCUT2D eigenvalue weighted by atomic mass is 79.9. The summed E-state index contributed by atoms with van der Waals surface area (Å²) in [5.41, 5.74) is -1.83. The predicted octanol–water partition coefficient (Wildman–Crippen LogP) is 4.50. The summed E-state index contributed by atoms with van der Waals surface area (Å²) in [5.74, 6) is -0.767. The third-order valence-electron chi connectivity index (χ3n) is 4.80. The fourth-order valence-corrected chi connectivity index (χ4v) is 6.14. The van der Waals surface area contributed by atoms with Crippen LogP contribution in [0.25, 0.3) is 0 Å². The Balaban J connectivity index is 2.04. The molecule has 1 aliphatic rings. The van der Waals surface area contributed by atoms with E-state index in [2.05, 4.69) is 21.2 Å². The number of hydrogen-bond donors (Lipinski definition) is 1. The molecule has 0 heterocycles. The van der Waals surface area contributed by atoms with Crippen molar-refractivity contribution < 1.29 is 22.7 Å². The lowest BCUT2D eigenvalue weighted by molar-refractivity contribution is -0.110. The minimum atomic E-state index is -3.97. The van der Waals surface area contributed by atoms with E-state index in [9.17, 15) is 18.0 Å². The van der Waals surface area contributed by atoms with Crippen LogP contribution >= 0.6 is 27.5 Å². The van der Waals surface area contributed by atoms with Crippen molar-refractivity contribution in [3.63, 3.8) is 0 Å². The SMILES string of the molecule is CC(C)(C)OC(=O)N[C@]1(C=O)[C@@H](c2ccc(Br)cc2)[C@@H]1S(=O)(=O)c1ccc(Cl)cc1. The van der Waals surface area contributed by atoms with Crippen LogP contribution < -0.4 is 5.32 Å². The maximum atomic E-state index is 13.4. The molecule has 2 aromatic rings. The molecule has 6 nitrogen and oxygen atoms in total. The van der Waals surface area contributed by atoms with Crippen LogP contribution in [0.3, 0.4) is 0 Å². The minimum Gasteiger partial charge on any atom is -0.444 e. The van der Waals surface area contributed by atoms with Gasteiger partial charge in [0.15, 0.2) is 9.84 Å². The van der Waals surface area contributed by atoms with E-state index in [1.807, 2.05) is 0 Å². The van der Waals surface area contributed by atoms with Crippen molar-refractivity contribution in [2.24, 2.45) is 0 Å². The number of ether oxygens (including phenoxy) is 1. The molecule has 0 saturated heterocycles. The van der Waals surface area contributed by atoms with Crippen LogP contribution in [-0.2, 0) is 19.4 Å². The van der Waals surface area contributed by atoms with Crippen LogP contribution in [0, 0.1) is 0 Å². The van der Waals surface area contributed by atoms with E-state index < -0.39 is 38.2 Å². The smallest absolute Gasteiger partial charge is 0.408 e. The van der Waals surface area contributed by atoms with E-state index in [0.717, 1.165) is 4.47 Å². The van der Waals surface area contributed by atoms with Crippen molar-refractivity contribution in [1.29, 1.82) is 0 Å². The highest BCUT2D eigenvalue weighted by Gasteiger charge is 2.73. The van der Waals surface area contributed by atoms with Gasteiger partial charge in [-0.15, -0.1) is 0 Å². The van der Waals surface area contributed by atoms with E-state index in [0.29, 0.717) is 16.9 Å². The molecule has 0 spiro atoms. The van der Waals surface area contributed by atoms with Crippen molar-refractivity contribution in [1.82, 2.24) is 5.32 Å². The Morgan fingerprint density at radius 2 is 1.70 bits per heavy atom. The molecular weight excluding hydrogens is 494 g/mol. The Morgan fingerprint density at radius 1 is 1.13 bits per heavy atom. The first-order chi connectivity index (χ1) is 13.9. The molecule has 1 N–H and O–H groups in total. The van der Waals surface area contributed by atoms with Crippen LogP contribution in [0.2, 0.25) is 5.02 Å². The number of benzene rings is 2. The molecule has 0 unspecified atom stereocenters. The van der Waals surface area contributed by atoms with Gasteiger partial charge in [-0.05, 0) is 62.7 Å². The number of sulfone groups is 1. The highest BCUT2D eigenvalue weighted by molar-refractivity contribution is 9.10. The zero-order valence-corrected chi connectivity index (χ0v) is 19.7. The molecular formula is C21H21BrClNO5S. The predicted molar refractivity (Wildman–Crippen MR) is 117 cm³/mol. The van der Waals surface area contributed by atoms with Crippen LogP contribution in [0.1, 0.15) is 32.3 Å². The van der Waals surface area contributed by atoms with Gasteiger partial charge in [0.2, 0.25) is 0 Å². The molecule has 1 fully saturated rings. The van der Waals surface area contributed by atoms with Crippen molar-refractivity contribution in [3.8, 4) is 0 Å². The third kappa shape index (κ3) is 4.40. The van der Waals surface area contributed by atoms with Gasteiger partial charge in [0, 0.05) is 15.4 Å². The summed E-state index contributed by atoms with van der Waals surface area (Å²) in [6.07, 6.45) is -0.368. The molecule has 1 amide bonds. The Hall–Kier alpha value is -1.90. The third-order valence-corrected chi connectivity index (χ3v) is 7.84. The van der Waals surface area contributed by atoms with Gasteiger partial charge in [-0.25, -0.2) is 13.2 Å². The van der Waals surface area contributed by atoms with Crippen molar-refractivity contribution in [2.75, 3.05) is 0 Å². The van der Waals surface area contributed by atoms with Gasteiger partial charge in [-0.1, -0.05) is 39.7 Å². The monoisotopic (exact) mass is 513 g/mol. The lowest BCUT2D eigenvalue weighted by atomic mass is 10.1. The Morgan fingerprint density at radius 3 is 2.20 bits per heavy atom. The standard InChI is InChI=1S/C21H21BrClNO5S/c1-20(2,3)29-19(26)24-21(12-25)17(13-4-6-14(22)7-5-13)18(21)30(27,28)16-10-8-15(23)9-11-16/h4-12,17-18H,1-3H3,(H,24,26)/t17-,18-,21+/m0/s1. The van der Waals surface area contributed by atoms with Gasteiger partial charge >= 0.3 is 6.09 Å². The first kappa shape index (κ1) is 22.8. The van der Waals surface area contributed by atoms with Gasteiger partial charge in [0.05, 0.1) is 4.90 Å².